The van der Waals surface area contributed by atoms with Gasteiger partial charge < -0.3 is 24.4 Å². The van der Waals surface area contributed by atoms with Crippen molar-refractivity contribution in [1.82, 2.24) is 4.98 Å². The standard InChI is InChI=1S/C26H29NO6S/c1-15-16(2)23-20(17(3)22(15)31-12-11-28)9-10-26(4,33-23)14-32-19-7-5-18(6-8-19)13-21-24(29)27-25(30)34-21/h5-10,28-29H,11-14H2,1-4H3,(H,27,30). The molecular weight excluding hydrogens is 454 g/mol. The first-order valence-corrected chi connectivity index (χ1v) is 11.9. The second kappa shape index (κ2) is 9.56. The van der Waals surface area contributed by atoms with E-state index >= 15 is 0 Å². The number of thiazole rings is 1. The van der Waals surface area contributed by atoms with Crippen LogP contribution in [0.3, 0.4) is 0 Å². The number of aliphatic hydroxyl groups is 1. The molecule has 1 aliphatic heterocycles. The Morgan fingerprint density at radius 2 is 1.82 bits per heavy atom. The zero-order valence-corrected chi connectivity index (χ0v) is 20.5. The van der Waals surface area contributed by atoms with Crippen molar-refractivity contribution >= 4 is 17.4 Å². The molecular formula is C26H29NO6S. The Balaban J connectivity index is 1.45. The Morgan fingerprint density at radius 1 is 1.09 bits per heavy atom. The smallest absolute Gasteiger partial charge is 0.307 e. The Hall–Kier alpha value is -3.23. The van der Waals surface area contributed by atoms with E-state index in [1.165, 1.54) is 0 Å². The summed E-state index contributed by atoms with van der Waals surface area (Å²) in [5, 5.41) is 18.9. The van der Waals surface area contributed by atoms with Gasteiger partial charge in [0.25, 0.3) is 0 Å². The van der Waals surface area contributed by atoms with Crippen LogP contribution in [-0.2, 0) is 6.42 Å². The Labute approximate surface area is 202 Å². The molecule has 2 heterocycles. The van der Waals surface area contributed by atoms with Crippen molar-refractivity contribution in [2.75, 3.05) is 19.8 Å². The van der Waals surface area contributed by atoms with E-state index in [-0.39, 0.29) is 24.0 Å². The van der Waals surface area contributed by atoms with E-state index in [9.17, 15) is 9.90 Å². The first kappa shape index (κ1) is 23.9. The molecule has 0 saturated heterocycles. The van der Waals surface area contributed by atoms with Gasteiger partial charge in [0.2, 0.25) is 5.88 Å². The number of ether oxygens (including phenoxy) is 3. The number of aliphatic hydroxyl groups excluding tert-OH is 1. The molecule has 1 aromatic heterocycles. The fourth-order valence-corrected chi connectivity index (χ4v) is 4.76. The van der Waals surface area contributed by atoms with Gasteiger partial charge in [0.05, 0.1) is 11.5 Å². The molecule has 1 aliphatic rings. The first-order chi connectivity index (χ1) is 16.2. The topological polar surface area (TPSA) is 101 Å². The van der Waals surface area contributed by atoms with Gasteiger partial charge in [-0.1, -0.05) is 29.5 Å². The van der Waals surface area contributed by atoms with Crippen LogP contribution in [0.15, 0.2) is 35.1 Å². The van der Waals surface area contributed by atoms with E-state index < -0.39 is 5.60 Å². The molecule has 1 unspecified atom stereocenters. The van der Waals surface area contributed by atoms with Crippen molar-refractivity contribution in [3.8, 4) is 23.1 Å². The molecule has 0 fully saturated rings. The van der Waals surface area contributed by atoms with Crippen molar-refractivity contribution in [1.29, 1.82) is 0 Å². The van der Waals surface area contributed by atoms with Gasteiger partial charge in [0.1, 0.15) is 30.5 Å². The van der Waals surface area contributed by atoms with Crippen molar-refractivity contribution < 1.29 is 24.4 Å². The molecule has 0 radical (unpaired) electrons. The van der Waals surface area contributed by atoms with Crippen molar-refractivity contribution in [2.24, 2.45) is 0 Å². The number of aromatic hydroxyl groups is 1. The van der Waals surface area contributed by atoms with Gasteiger partial charge in [-0.15, -0.1) is 0 Å². The van der Waals surface area contributed by atoms with Gasteiger partial charge in [-0.05, 0) is 62.6 Å². The van der Waals surface area contributed by atoms with E-state index in [1.54, 1.807) is 0 Å². The van der Waals surface area contributed by atoms with Crippen LogP contribution in [0, 0.1) is 20.8 Å². The summed E-state index contributed by atoms with van der Waals surface area (Å²) in [6, 6.07) is 7.57. The Kier molecular flexibility index (Phi) is 6.72. The van der Waals surface area contributed by atoms with Gasteiger partial charge in [-0.2, -0.15) is 0 Å². The molecule has 180 valence electrons. The number of aromatic amines is 1. The van der Waals surface area contributed by atoms with Crippen LogP contribution in [0.2, 0.25) is 0 Å². The Bertz CT molecular complexity index is 1270. The molecule has 0 saturated carbocycles. The summed E-state index contributed by atoms with van der Waals surface area (Å²) >= 11 is 1.01. The third kappa shape index (κ3) is 4.83. The minimum Gasteiger partial charge on any atom is -0.494 e. The fourth-order valence-electron chi connectivity index (χ4n) is 4.00. The van der Waals surface area contributed by atoms with Crippen LogP contribution in [0.5, 0.6) is 23.1 Å². The maximum Gasteiger partial charge on any atom is 0.307 e. The summed E-state index contributed by atoms with van der Waals surface area (Å²) in [5.74, 6) is 2.24. The largest absolute Gasteiger partial charge is 0.494 e. The summed E-state index contributed by atoms with van der Waals surface area (Å²) in [5.41, 5.74) is 4.29. The molecule has 3 N–H and O–H groups in total. The number of benzene rings is 2. The van der Waals surface area contributed by atoms with E-state index in [2.05, 4.69) is 4.98 Å². The minimum atomic E-state index is -0.647. The number of hydrogen-bond donors (Lipinski definition) is 3. The SMILES string of the molecule is Cc1c(C)c2c(c(C)c1OCCO)C=CC(C)(COc1ccc(Cc3sc(=O)[nH]c3O)cc1)O2. The van der Waals surface area contributed by atoms with Crippen LogP contribution in [0.4, 0.5) is 0 Å². The molecule has 0 bridgehead atoms. The van der Waals surface area contributed by atoms with E-state index in [0.29, 0.717) is 23.7 Å². The summed E-state index contributed by atoms with van der Waals surface area (Å²) in [6.45, 7) is 8.53. The third-order valence-corrected chi connectivity index (χ3v) is 6.89. The number of rotatable bonds is 8. The molecule has 0 aliphatic carbocycles. The van der Waals surface area contributed by atoms with Crippen LogP contribution in [0.25, 0.3) is 6.08 Å². The van der Waals surface area contributed by atoms with E-state index in [1.807, 2.05) is 64.1 Å². The number of H-pyrrole nitrogens is 1. The van der Waals surface area contributed by atoms with Gasteiger partial charge in [0, 0.05) is 17.5 Å². The monoisotopic (exact) mass is 483 g/mol. The summed E-state index contributed by atoms with van der Waals surface area (Å²) in [7, 11) is 0. The maximum atomic E-state index is 11.4. The molecule has 4 rings (SSSR count). The number of aromatic nitrogens is 1. The quantitative estimate of drug-likeness (QED) is 0.442. The minimum absolute atomic E-state index is 0.0338. The van der Waals surface area contributed by atoms with E-state index in [0.717, 1.165) is 50.7 Å². The highest BCUT2D eigenvalue weighted by atomic mass is 32.1. The molecule has 3 aromatic rings. The first-order valence-electron chi connectivity index (χ1n) is 11.1. The summed E-state index contributed by atoms with van der Waals surface area (Å²) < 4.78 is 18.3. The lowest BCUT2D eigenvalue weighted by atomic mass is 9.92. The highest BCUT2D eigenvalue weighted by molar-refractivity contribution is 7.09. The highest BCUT2D eigenvalue weighted by Gasteiger charge is 2.32. The van der Waals surface area contributed by atoms with E-state index in [4.69, 9.17) is 19.3 Å². The second-order valence-corrected chi connectivity index (χ2v) is 9.73. The fraction of sp³-hybridized carbons (Fsp3) is 0.346. The molecule has 8 heteroatoms. The van der Waals surface area contributed by atoms with Crippen molar-refractivity contribution in [3.63, 3.8) is 0 Å². The van der Waals surface area contributed by atoms with Crippen LogP contribution >= 0.6 is 11.3 Å². The van der Waals surface area contributed by atoms with Gasteiger partial charge >= 0.3 is 4.87 Å². The normalized spacial score (nSPS) is 16.7. The second-order valence-electron chi connectivity index (χ2n) is 8.66. The lowest BCUT2D eigenvalue weighted by Crippen LogP contribution is -2.39. The average Bonchev–Trinajstić information content (AvgIpc) is 3.13. The molecule has 0 spiro atoms. The van der Waals surface area contributed by atoms with Gasteiger partial charge in [0.15, 0.2) is 5.60 Å². The average molecular weight is 484 g/mol. The third-order valence-electron chi connectivity index (χ3n) is 6.02. The molecule has 1 atom stereocenters. The lowest BCUT2D eigenvalue weighted by molar-refractivity contribution is 0.0745. The molecule has 0 amide bonds. The Morgan fingerprint density at radius 3 is 2.47 bits per heavy atom. The summed E-state index contributed by atoms with van der Waals surface area (Å²) in [6.07, 6.45) is 4.52. The number of nitrogens with one attached hydrogen (secondary N) is 1. The van der Waals surface area contributed by atoms with Gasteiger partial charge in [-0.3, -0.25) is 9.78 Å². The molecule has 7 nitrogen and oxygen atoms in total. The van der Waals surface area contributed by atoms with Crippen LogP contribution in [0.1, 0.15) is 39.6 Å². The maximum absolute atomic E-state index is 11.4. The number of hydrogen-bond acceptors (Lipinski definition) is 7. The summed E-state index contributed by atoms with van der Waals surface area (Å²) in [4.78, 5) is 14.1. The predicted octanol–water partition coefficient (Wildman–Crippen LogP) is 4.27. The molecule has 34 heavy (non-hydrogen) atoms. The number of fused-ring (bicyclic) bond motifs is 1. The lowest BCUT2D eigenvalue weighted by Gasteiger charge is -2.34. The zero-order valence-electron chi connectivity index (χ0n) is 19.7. The van der Waals surface area contributed by atoms with Gasteiger partial charge in [-0.25, -0.2) is 0 Å². The van der Waals surface area contributed by atoms with Crippen molar-refractivity contribution in [3.05, 3.63) is 72.7 Å². The zero-order chi connectivity index (χ0) is 24.5. The highest BCUT2D eigenvalue weighted by Crippen LogP contribution is 2.42. The van der Waals surface area contributed by atoms with Crippen molar-refractivity contribution in [2.45, 2.75) is 39.7 Å². The van der Waals surface area contributed by atoms with Crippen LogP contribution < -0.4 is 19.1 Å². The van der Waals surface area contributed by atoms with Crippen LogP contribution in [-0.4, -0.2) is 40.6 Å². The molecule has 2 aromatic carbocycles. The predicted molar refractivity (Wildman–Crippen MR) is 133 cm³/mol.